The highest BCUT2D eigenvalue weighted by atomic mass is 32.2. The Balaban J connectivity index is 1.47. The summed E-state index contributed by atoms with van der Waals surface area (Å²) in [4.78, 5) is 46.6. The summed E-state index contributed by atoms with van der Waals surface area (Å²) in [6, 6.07) is 6.61. The zero-order valence-corrected chi connectivity index (χ0v) is 26.0. The first-order valence-corrected chi connectivity index (χ1v) is 16.1. The topological polar surface area (TPSA) is 173 Å². The normalized spacial score (nSPS) is 14.3. The SMILES string of the molecule is Cc1nc(Nc2nc(N3CCN(C(=O)OC(C)(C)C)CC3)c3ncn(Cc4ccc(S(C)(=O)=O)cc4)c3n2)sc1C(=O)O. The number of fused-ring (bicyclic) bond motifs is 1. The summed E-state index contributed by atoms with van der Waals surface area (Å²) in [5.41, 5.74) is 1.68. The number of aryl methyl sites for hydroxylation is 1. The Hall–Kier alpha value is -4.31. The standard InChI is InChI=1S/C27H32N8O6S2/c1-16-20(23(36)37)42-25(29-16)32-24-30-21(33-10-12-34(13-11-33)26(38)41-27(2,3)4)19-22(31-24)35(15-28-19)14-17-6-8-18(9-7-17)43(5,39)40/h6-9,15H,10-14H2,1-5H3,(H,36,37)(H,29,30,31,32). The van der Waals surface area contributed by atoms with E-state index in [4.69, 9.17) is 14.7 Å². The first-order chi connectivity index (χ1) is 20.2. The Bertz CT molecular complexity index is 1790. The Kier molecular flexibility index (Phi) is 8.00. The number of ether oxygens (including phenoxy) is 1. The van der Waals surface area contributed by atoms with E-state index in [-0.39, 0.29) is 21.8 Å². The minimum atomic E-state index is -3.32. The van der Waals surface area contributed by atoms with Crippen LogP contribution in [0.15, 0.2) is 35.5 Å². The number of carboxylic acid groups (broad SMARTS) is 1. The maximum atomic E-state index is 12.6. The monoisotopic (exact) mass is 628 g/mol. The van der Waals surface area contributed by atoms with Crippen molar-refractivity contribution in [3.05, 3.63) is 46.7 Å². The largest absolute Gasteiger partial charge is 0.477 e. The number of hydrogen-bond donors (Lipinski definition) is 2. The lowest BCUT2D eigenvalue weighted by Crippen LogP contribution is -2.50. The number of nitrogens with zero attached hydrogens (tertiary/aromatic N) is 7. The van der Waals surface area contributed by atoms with Gasteiger partial charge in [-0.05, 0) is 45.4 Å². The van der Waals surface area contributed by atoms with E-state index < -0.39 is 21.4 Å². The molecule has 1 aliphatic rings. The van der Waals surface area contributed by atoms with E-state index in [0.29, 0.717) is 60.5 Å². The molecule has 14 nitrogen and oxygen atoms in total. The summed E-state index contributed by atoms with van der Waals surface area (Å²) in [5, 5.41) is 12.8. The third-order valence-electron chi connectivity index (χ3n) is 6.59. The van der Waals surface area contributed by atoms with Crippen molar-refractivity contribution in [2.75, 3.05) is 42.7 Å². The lowest BCUT2D eigenvalue weighted by molar-refractivity contribution is 0.0240. The van der Waals surface area contributed by atoms with Crippen LogP contribution in [0.1, 0.15) is 41.7 Å². The van der Waals surface area contributed by atoms with Gasteiger partial charge in [-0.15, -0.1) is 0 Å². The molecule has 0 saturated carbocycles. The van der Waals surface area contributed by atoms with Crippen LogP contribution in [-0.4, -0.2) is 93.0 Å². The number of rotatable bonds is 7. The molecule has 43 heavy (non-hydrogen) atoms. The van der Waals surface area contributed by atoms with E-state index in [1.165, 1.54) is 0 Å². The molecule has 1 aromatic carbocycles. The van der Waals surface area contributed by atoms with Crippen molar-refractivity contribution in [1.82, 2.24) is 29.4 Å². The molecule has 0 unspecified atom stereocenters. The number of aromatic carboxylic acids is 1. The molecule has 1 amide bonds. The van der Waals surface area contributed by atoms with Crippen molar-refractivity contribution in [3.63, 3.8) is 0 Å². The molecule has 228 valence electrons. The fourth-order valence-corrected chi connectivity index (χ4v) is 5.96. The number of imidazole rings is 1. The number of sulfone groups is 1. The lowest BCUT2D eigenvalue weighted by Gasteiger charge is -2.36. The molecule has 5 rings (SSSR count). The van der Waals surface area contributed by atoms with Gasteiger partial charge in [-0.3, -0.25) is 5.32 Å². The zero-order chi connectivity index (χ0) is 31.1. The molecule has 2 N–H and O–H groups in total. The van der Waals surface area contributed by atoms with Gasteiger partial charge in [0.25, 0.3) is 0 Å². The minimum Gasteiger partial charge on any atom is -0.477 e. The number of thiazole rings is 1. The Labute approximate surface area is 252 Å². The third kappa shape index (κ3) is 6.85. The number of nitrogens with one attached hydrogen (secondary N) is 1. The molecule has 0 bridgehead atoms. The van der Waals surface area contributed by atoms with Crippen LogP contribution in [0, 0.1) is 6.92 Å². The van der Waals surface area contributed by atoms with Gasteiger partial charge in [-0.25, -0.2) is 28.0 Å². The van der Waals surface area contributed by atoms with Crippen molar-refractivity contribution in [1.29, 1.82) is 0 Å². The highest BCUT2D eigenvalue weighted by Crippen LogP contribution is 2.30. The number of hydrogen-bond acceptors (Lipinski definition) is 12. The molecule has 1 saturated heterocycles. The zero-order valence-electron chi connectivity index (χ0n) is 24.4. The van der Waals surface area contributed by atoms with Crippen molar-refractivity contribution >= 4 is 61.3 Å². The van der Waals surface area contributed by atoms with E-state index in [1.54, 1.807) is 42.4 Å². The molecule has 4 heterocycles. The lowest BCUT2D eigenvalue weighted by atomic mass is 10.2. The van der Waals surface area contributed by atoms with Crippen molar-refractivity contribution in [2.24, 2.45) is 0 Å². The van der Waals surface area contributed by atoms with Gasteiger partial charge in [0, 0.05) is 32.4 Å². The minimum absolute atomic E-state index is 0.115. The fourth-order valence-electron chi connectivity index (χ4n) is 4.53. The van der Waals surface area contributed by atoms with E-state index in [2.05, 4.69) is 15.3 Å². The quantitative estimate of drug-likeness (QED) is 0.305. The predicted octanol–water partition coefficient (Wildman–Crippen LogP) is 3.54. The summed E-state index contributed by atoms with van der Waals surface area (Å²) >= 11 is 0.984. The summed E-state index contributed by atoms with van der Waals surface area (Å²) in [7, 11) is -3.32. The average molecular weight is 629 g/mol. The van der Waals surface area contributed by atoms with Crippen LogP contribution in [0.25, 0.3) is 11.2 Å². The van der Waals surface area contributed by atoms with Gasteiger partial charge in [-0.1, -0.05) is 23.5 Å². The highest BCUT2D eigenvalue weighted by Gasteiger charge is 2.28. The Morgan fingerprint density at radius 1 is 1.07 bits per heavy atom. The number of carbonyl (C=O) groups is 2. The van der Waals surface area contributed by atoms with Crippen molar-refractivity contribution in [3.8, 4) is 0 Å². The Morgan fingerprint density at radius 3 is 2.33 bits per heavy atom. The summed E-state index contributed by atoms with van der Waals surface area (Å²) in [5.74, 6) is -0.311. The average Bonchev–Trinajstić information content (AvgIpc) is 3.50. The molecule has 0 spiro atoms. The smallest absolute Gasteiger partial charge is 0.410 e. The van der Waals surface area contributed by atoms with Gasteiger partial charge in [0.15, 0.2) is 32.0 Å². The number of carbonyl (C=O) groups excluding carboxylic acids is 1. The van der Waals surface area contributed by atoms with Gasteiger partial charge in [0.2, 0.25) is 5.95 Å². The molecule has 16 heteroatoms. The molecule has 0 radical (unpaired) electrons. The molecule has 1 aliphatic heterocycles. The number of piperazine rings is 1. The maximum absolute atomic E-state index is 12.6. The van der Waals surface area contributed by atoms with Crippen LogP contribution in [0.4, 0.5) is 21.7 Å². The number of anilines is 3. The van der Waals surface area contributed by atoms with E-state index >= 15 is 0 Å². The first kappa shape index (κ1) is 30.2. The van der Waals surface area contributed by atoms with E-state index in [9.17, 15) is 23.1 Å². The highest BCUT2D eigenvalue weighted by molar-refractivity contribution is 7.90. The third-order valence-corrected chi connectivity index (χ3v) is 8.78. The van der Waals surface area contributed by atoms with Crippen molar-refractivity contribution < 1.29 is 27.9 Å². The molecular formula is C27H32N8O6S2. The molecule has 4 aromatic rings. The number of aromatic nitrogens is 5. The summed E-state index contributed by atoms with van der Waals surface area (Å²) < 4.78 is 31.1. The van der Waals surface area contributed by atoms with Crippen LogP contribution < -0.4 is 10.2 Å². The van der Waals surface area contributed by atoms with E-state index in [1.807, 2.05) is 30.2 Å². The fraction of sp³-hybridized carbons (Fsp3) is 0.407. The second-order valence-electron chi connectivity index (χ2n) is 11.1. The van der Waals surface area contributed by atoms with Crippen molar-refractivity contribution in [2.45, 2.75) is 44.7 Å². The second-order valence-corrected chi connectivity index (χ2v) is 14.2. The van der Waals surface area contributed by atoms with Gasteiger partial charge >= 0.3 is 12.1 Å². The molecule has 3 aromatic heterocycles. The summed E-state index contributed by atoms with van der Waals surface area (Å²) in [6.45, 7) is 9.26. The number of carboxylic acids is 1. The van der Waals surface area contributed by atoms with Crippen LogP contribution in [0.5, 0.6) is 0 Å². The summed E-state index contributed by atoms with van der Waals surface area (Å²) in [6.07, 6.45) is 2.43. The van der Waals surface area contributed by atoms with Gasteiger partial charge in [-0.2, -0.15) is 9.97 Å². The van der Waals surface area contributed by atoms with Crippen LogP contribution in [-0.2, 0) is 21.1 Å². The maximum Gasteiger partial charge on any atom is 0.410 e. The molecule has 0 aliphatic carbocycles. The first-order valence-electron chi connectivity index (χ1n) is 13.4. The van der Waals surface area contributed by atoms with Gasteiger partial charge < -0.3 is 24.2 Å². The van der Waals surface area contributed by atoms with E-state index in [0.717, 1.165) is 23.2 Å². The molecular weight excluding hydrogens is 596 g/mol. The molecule has 0 atom stereocenters. The molecule has 1 fully saturated rings. The van der Waals surface area contributed by atoms with Crippen LogP contribution in [0.2, 0.25) is 0 Å². The van der Waals surface area contributed by atoms with Gasteiger partial charge in [0.1, 0.15) is 10.5 Å². The predicted molar refractivity (Wildman–Crippen MR) is 161 cm³/mol. The Morgan fingerprint density at radius 2 is 1.74 bits per heavy atom. The van der Waals surface area contributed by atoms with Crippen LogP contribution in [0.3, 0.4) is 0 Å². The van der Waals surface area contributed by atoms with Crippen LogP contribution >= 0.6 is 11.3 Å². The number of benzene rings is 1. The second kappa shape index (κ2) is 11.4. The van der Waals surface area contributed by atoms with Gasteiger partial charge in [0.05, 0.1) is 23.5 Å². The number of amides is 1.